The van der Waals surface area contributed by atoms with Gasteiger partial charge in [-0.25, -0.2) is 0 Å². The molecule has 0 aliphatic carbocycles. The normalized spacial score (nSPS) is 18.0. The molecule has 0 fully saturated rings. The number of thiophene rings is 1. The molecule has 1 N–H and O–H groups in total. The summed E-state index contributed by atoms with van der Waals surface area (Å²) < 4.78 is 1.23. The predicted molar refractivity (Wildman–Crippen MR) is 62.1 cm³/mol. The molecule has 0 saturated carbocycles. The summed E-state index contributed by atoms with van der Waals surface area (Å²) in [5.74, 6) is 0. The molecular formula is C10H12BrNS. The van der Waals surface area contributed by atoms with Crippen LogP contribution < -0.4 is 5.32 Å². The van der Waals surface area contributed by atoms with Crippen molar-refractivity contribution in [1.29, 1.82) is 0 Å². The molecule has 0 unspecified atom stereocenters. The van der Waals surface area contributed by atoms with Gasteiger partial charge in [0.2, 0.25) is 0 Å². The Hall–Kier alpha value is -0.120. The van der Waals surface area contributed by atoms with Crippen LogP contribution in [0.25, 0.3) is 5.57 Å². The van der Waals surface area contributed by atoms with E-state index in [1.54, 1.807) is 11.3 Å². The van der Waals surface area contributed by atoms with Gasteiger partial charge < -0.3 is 5.32 Å². The summed E-state index contributed by atoms with van der Waals surface area (Å²) in [6.45, 7) is 4.37. The third-order valence-corrected chi connectivity index (χ3v) is 4.14. The predicted octanol–water partition coefficient (Wildman–Crippen LogP) is 3.28. The summed E-state index contributed by atoms with van der Waals surface area (Å²) in [6, 6.07) is 0. The minimum Gasteiger partial charge on any atom is -0.312 e. The molecule has 1 aliphatic rings. The zero-order valence-electron chi connectivity index (χ0n) is 7.56. The number of nitrogens with one attached hydrogen (secondary N) is 1. The van der Waals surface area contributed by atoms with Gasteiger partial charge in [-0.05, 0) is 46.8 Å². The van der Waals surface area contributed by atoms with E-state index in [1.807, 2.05) is 0 Å². The average molecular weight is 258 g/mol. The van der Waals surface area contributed by atoms with E-state index in [-0.39, 0.29) is 0 Å². The fourth-order valence-corrected chi connectivity index (χ4v) is 3.16. The van der Waals surface area contributed by atoms with Crippen molar-refractivity contribution in [2.45, 2.75) is 13.3 Å². The van der Waals surface area contributed by atoms with E-state index >= 15 is 0 Å². The van der Waals surface area contributed by atoms with Crippen molar-refractivity contribution in [3.63, 3.8) is 0 Å². The van der Waals surface area contributed by atoms with E-state index in [4.69, 9.17) is 0 Å². The van der Waals surface area contributed by atoms with Crippen molar-refractivity contribution in [2.75, 3.05) is 13.1 Å². The van der Waals surface area contributed by atoms with Crippen LogP contribution in [0.15, 0.2) is 20.8 Å². The molecule has 0 bridgehead atoms. The molecule has 13 heavy (non-hydrogen) atoms. The zero-order valence-corrected chi connectivity index (χ0v) is 9.96. The van der Waals surface area contributed by atoms with Crippen molar-refractivity contribution in [3.05, 3.63) is 26.4 Å². The van der Waals surface area contributed by atoms with Gasteiger partial charge >= 0.3 is 0 Å². The molecule has 1 aromatic rings. The molecule has 0 saturated heterocycles. The topological polar surface area (TPSA) is 12.0 Å². The number of rotatable bonds is 1. The highest BCUT2D eigenvalue weighted by atomic mass is 79.9. The van der Waals surface area contributed by atoms with Gasteiger partial charge in [-0.2, -0.15) is 11.3 Å². The van der Waals surface area contributed by atoms with Crippen molar-refractivity contribution >= 4 is 32.8 Å². The Morgan fingerprint density at radius 2 is 2.31 bits per heavy atom. The van der Waals surface area contributed by atoms with Crippen molar-refractivity contribution in [1.82, 2.24) is 5.32 Å². The highest BCUT2D eigenvalue weighted by Crippen LogP contribution is 2.31. The average Bonchev–Trinajstić information content (AvgIpc) is 2.52. The van der Waals surface area contributed by atoms with Crippen LogP contribution in [0.1, 0.15) is 18.9 Å². The van der Waals surface area contributed by atoms with Crippen molar-refractivity contribution in [2.24, 2.45) is 0 Å². The summed E-state index contributed by atoms with van der Waals surface area (Å²) in [5.41, 5.74) is 4.37. The van der Waals surface area contributed by atoms with E-state index < -0.39 is 0 Å². The Bertz CT molecular complexity index is 340. The summed E-state index contributed by atoms with van der Waals surface area (Å²) >= 11 is 5.33. The summed E-state index contributed by atoms with van der Waals surface area (Å²) in [4.78, 5) is 0. The van der Waals surface area contributed by atoms with Gasteiger partial charge in [-0.15, -0.1) is 0 Å². The third kappa shape index (κ3) is 1.87. The van der Waals surface area contributed by atoms with Crippen LogP contribution in [-0.2, 0) is 0 Å². The smallest absolute Gasteiger partial charge is 0.0357 e. The molecule has 2 heterocycles. The lowest BCUT2D eigenvalue weighted by atomic mass is 9.98. The maximum atomic E-state index is 3.58. The number of halogens is 1. The fourth-order valence-electron chi connectivity index (χ4n) is 1.61. The Morgan fingerprint density at radius 1 is 1.46 bits per heavy atom. The Morgan fingerprint density at radius 3 is 2.92 bits per heavy atom. The first-order valence-corrected chi connectivity index (χ1v) is 6.14. The molecular weight excluding hydrogens is 246 g/mol. The first-order chi connectivity index (χ1) is 6.29. The number of hydrogen-bond donors (Lipinski definition) is 1. The van der Waals surface area contributed by atoms with Gasteiger partial charge in [0, 0.05) is 22.0 Å². The molecule has 0 atom stereocenters. The standard InChI is InChI=1S/C10H12BrNS/c1-7-2-3-12-4-8(7)9-5-13-6-10(9)11/h5-6,12H,2-4H2,1H3. The van der Waals surface area contributed by atoms with Crippen LogP contribution in [0, 0.1) is 0 Å². The van der Waals surface area contributed by atoms with Crippen molar-refractivity contribution in [3.8, 4) is 0 Å². The van der Waals surface area contributed by atoms with E-state index in [9.17, 15) is 0 Å². The lowest BCUT2D eigenvalue weighted by molar-refractivity contribution is 0.715. The Kier molecular flexibility index (Phi) is 2.86. The van der Waals surface area contributed by atoms with Gasteiger partial charge in [-0.3, -0.25) is 0 Å². The highest BCUT2D eigenvalue weighted by Gasteiger charge is 2.13. The molecule has 0 amide bonds. The quantitative estimate of drug-likeness (QED) is 0.815. The van der Waals surface area contributed by atoms with Gasteiger partial charge in [0.05, 0.1) is 0 Å². The van der Waals surface area contributed by atoms with Gasteiger partial charge in [0.1, 0.15) is 0 Å². The minimum atomic E-state index is 1.02. The van der Waals surface area contributed by atoms with Crippen molar-refractivity contribution < 1.29 is 0 Å². The van der Waals surface area contributed by atoms with Crippen LogP contribution in [0.3, 0.4) is 0 Å². The first-order valence-electron chi connectivity index (χ1n) is 4.40. The zero-order chi connectivity index (χ0) is 9.26. The molecule has 0 aromatic carbocycles. The molecule has 3 heteroatoms. The first kappa shape index (κ1) is 9.44. The Labute approximate surface area is 91.0 Å². The Balaban J connectivity index is 2.40. The monoisotopic (exact) mass is 257 g/mol. The molecule has 1 nitrogen and oxygen atoms in total. The fraction of sp³-hybridized carbons (Fsp3) is 0.400. The summed E-state index contributed by atoms with van der Waals surface area (Å²) in [5, 5.41) is 7.77. The van der Waals surface area contributed by atoms with E-state index in [2.05, 4.69) is 38.9 Å². The lowest BCUT2D eigenvalue weighted by Gasteiger charge is -2.18. The van der Waals surface area contributed by atoms with Crippen LogP contribution in [0.5, 0.6) is 0 Å². The minimum absolute atomic E-state index is 1.02. The van der Waals surface area contributed by atoms with E-state index in [1.165, 1.54) is 27.6 Å². The van der Waals surface area contributed by atoms with Crippen LogP contribution in [-0.4, -0.2) is 13.1 Å². The van der Waals surface area contributed by atoms with Crippen LogP contribution in [0.4, 0.5) is 0 Å². The summed E-state index contributed by atoms with van der Waals surface area (Å²) in [7, 11) is 0. The van der Waals surface area contributed by atoms with Crippen LogP contribution in [0.2, 0.25) is 0 Å². The van der Waals surface area contributed by atoms with Gasteiger partial charge in [0.25, 0.3) is 0 Å². The van der Waals surface area contributed by atoms with E-state index in [0.717, 1.165) is 13.1 Å². The molecule has 0 radical (unpaired) electrons. The maximum absolute atomic E-state index is 3.58. The largest absolute Gasteiger partial charge is 0.312 e. The van der Waals surface area contributed by atoms with E-state index in [0.29, 0.717) is 0 Å². The van der Waals surface area contributed by atoms with Gasteiger partial charge in [0.15, 0.2) is 0 Å². The lowest BCUT2D eigenvalue weighted by Crippen LogP contribution is -2.23. The van der Waals surface area contributed by atoms with Crippen LogP contribution >= 0.6 is 27.3 Å². The number of hydrogen-bond acceptors (Lipinski definition) is 2. The molecule has 1 aliphatic heterocycles. The maximum Gasteiger partial charge on any atom is 0.0357 e. The summed E-state index contributed by atoms with van der Waals surface area (Å²) in [6.07, 6.45) is 1.18. The second-order valence-corrected chi connectivity index (χ2v) is 4.92. The second kappa shape index (κ2) is 3.95. The molecule has 0 spiro atoms. The SMILES string of the molecule is CC1=C(c2cscc2Br)CNCC1. The molecule has 70 valence electrons. The highest BCUT2D eigenvalue weighted by molar-refractivity contribution is 9.10. The molecule has 1 aromatic heterocycles. The second-order valence-electron chi connectivity index (χ2n) is 3.32. The van der Waals surface area contributed by atoms with Gasteiger partial charge in [-0.1, -0.05) is 5.57 Å². The molecule has 2 rings (SSSR count). The third-order valence-electron chi connectivity index (χ3n) is 2.43.